The highest BCUT2D eigenvalue weighted by Gasteiger charge is 2.59. The molecular weight excluding hydrogens is 228 g/mol. The Balaban J connectivity index is 1.92. The van der Waals surface area contributed by atoms with Gasteiger partial charge in [-0.2, -0.15) is 0 Å². The first-order valence-corrected chi connectivity index (χ1v) is 6.15. The minimum Gasteiger partial charge on any atom is -0.465 e. The van der Waals surface area contributed by atoms with Crippen molar-refractivity contribution in [3.63, 3.8) is 0 Å². The molecule has 0 radical (unpaired) electrons. The third kappa shape index (κ3) is 2.30. The molecule has 0 aliphatic heterocycles. The Morgan fingerprint density at radius 2 is 1.76 bits per heavy atom. The number of alkyl halides is 2. The Morgan fingerprint density at radius 3 is 2.24 bits per heavy atom. The monoisotopic (exact) mass is 247 g/mol. The lowest BCUT2D eigenvalue weighted by Crippen LogP contribution is -2.64. The van der Waals surface area contributed by atoms with E-state index in [-0.39, 0.29) is 24.2 Å². The highest BCUT2D eigenvalue weighted by molar-refractivity contribution is 5.82. The maximum atomic E-state index is 13.1. The van der Waals surface area contributed by atoms with Gasteiger partial charge in [-0.1, -0.05) is 0 Å². The summed E-state index contributed by atoms with van der Waals surface area (Å²) in [6.45, 7) is 2.04. The van der Waals surface area contributed by atoms with Crippen LogP contribution in [-0.4, -0.2) is 24.0 Å². The Labute approximate surface area is 99.7 Å². The van der Waals surface area contributed by atoms with Gasteiger partial charge in [0.1, 0.15) is 5.54 Å². The van der Waals surface area contributed by atoms with Crippen LogP contribution in [0.5, 0.6) is 0 Å². The third-order valence-electron chi connectivity index (χ3n) is 4.11. The zero-order valence-electron chi connectivity index (χ0n) is 10.1. The summed E-state index contributed by atoms with van der Waals surface area (Å²) in [5, 5.41) is 0. The van der Waals surface area contributed by atoms with Crippen LogP contribution < -0.4 is 5.73 Å². The van der Waals surface area contributed by atoms with Crippen LogP contribution in [0.4, 0.5) is 8.78 Å². The van der Waals surface area contributed by atoms with Crippen molar-refractivity contribution < 1.29 is 18.3 Å². The summed E-state index contributed by atoms with van der Waals surface area (Å²) in [6, 6.07) is 0. The van der Waals surface area contributed by atoms with E-state index in [1.807, 2.05) is 0 Å². The second kappa shape index (κ2) is 3.90. The van der Waals surface area contributed by atoms with Crippen molar-refractivity contribution >= 4 is 5.97 Å². The second-order valence-corrected chi connectivity index (χ2v) is 5.59. The molecule has 2 rings (SSSR count). The highest BCUT2D eigenvalue weighted by atomic mass is 19.3. The van der Waals surface area contributed by atoms with Gasteiger partial charge in [0.15, 0.2) is 0 Å². The molecule has 3 nitrogen and oxygen atoms in total. The molecule has 0 heterocycles. The average molecular weight is 247 g/mol. The van der Waals surface area contributed by atoms with E-state index in [4.69, 9.17) is 10.5 Å². The molecular formula is C12H19F2NO2. The molecule has 2 saturated carbocycles. The lowest BCUT2D eigenvalue weighted by Gasteiger charge is -2.55. The van der Waals surface area contributed by atoms with Crippen molar-refractivity contribution in [3.05, 3.63) is 0 Å². The van der Waals surface area contributed by atoms with E-state index < -0.39 is 11.5 Å². The van der Waals surface area contributed by atoms with Gasteiger partial charge in [-0.15, -0.1) is 0 Å². The molecule has 0 amide bonds. The number of nitrogens with two attached hydrogens (primary N) is 1. The average Bonchev–Trinajstić information content (AvgIpc) is 2.20. The maximum absolute atomic E-state index is 13.1. The number of carbonyl (C=O) groups is 1. The van der Waals surface area contributed by atoms with Crippen molar-refractivity contribution in [2.45, 2.75) is 56.9 Å². The molecule has 0 saturated heterocycles. The Morgan fingerprint density at radius 1 is 1.24 bits per heavy atom. The zero-order chi connectivity index (χ0) is 12.7. The number of ether oxygens (including phenoxy) is 1. The maximum Gasteiger partial charge on any atom is 0.326 e. The number of hydrogen-bond acceptors (Lipinski definition) is 3. The van der Waals surface area contributed by atoms with Crippen LogP contribution >= 0.6 is 0 Å². The first kappa shape index (κ1) is 12.7. The van der Waals surface area contributed by atoms with E-state index in [0.29, 0.717) is 32.3 Å². The molecule has 1 spiro atoms. The topological polar surface area (TPSA) is 52.3 Å². The standard InChI is InChI=1S/C12H19F2NO2/c1-2-17-9(16)11(15)7-10(8-11)3-5-12(13,14)6-4-10/h2-8,15H2,1H3. The Bertz CT molecular complexity index is 312. The summed E-state index contributed by atoms with van der Waals surface area (Å²) >= 11 is 0. The molecule has 0 aromatic carbocycles. The van der Waals surface area contributed by atoms with Gasteiger partial charge in [-0.3, -0.25) is 4.79 Å². The first-order valence-electron chi connectivity index (χ1n) is 6.15. The number of halogens is 2. The number of carbonyl (C=O) groups excluding carboxylic acids is 1. The minimum absolute atomic E-state index is 0.0775. The molecule has 0 bridgehead atoms. The van der Waals surface area contributed by atoms with Crippen molar-refractivity contribution in [1.82, 2.24) is 0 Å². The van der Waals surface area contributed by atoms with E-state index in [0.717, 1.165) is 0 Å². The van der Waals surface area contributed by atoms with Crippen LogP contribution in [0.25, 0.3) is 0 Å². The fourth-order valence-corrected chi connectivity index (χ4v) is 3.21. The van der Waals surface area contributed by atoms with Gasteiger partial charge >= 0.3 is 5.97 Å². The highest BCUT2D eigenvalue weighted by Crippen LogP contribution is 2.58. The fraction of sp³-hybridized carbons (Fsp3) is 0.917. The molecule has 98 valence electrons. The number of esters is 1. The van der Waals surface area contributed by atoms with E-state index in [1.165, 1.54) is 0 Å². The number of hydrogen-bond donors (Lipinski definition) is 1. The molecule has 17 heavy (non-hydrogen) atoms. The quantitative estimate of drug-likeness (QED) is 0.761. The van der Waals surface area contributed by atoms with Crippen molar-refractivity contribution in [1.29, 1.82) is 0 Å². The molecule has 2 aliphatic rings. The first-order chi connectivity index (χ1) is 7.81. The zero-order valence-corrected chi connectivity index (χ0v) is 10.1. The van der Waals surface area contributed by atoms with Gasteiger partial charge in [-0.05, 0) is 38.0 Å². The molecule has 0 aromatic heterocycles. The summed E-state index contributed by atoms with van der Waals surface area (Å²) in [5.41, 5.74) is 4.88. The summed E-state index contributed by atoms with van der Waals surface area (Å²) in [4.78, 5) is 11.6. The molecule has 2 fully saturated rings. The summed E-state index contributed by atoms with van der Waals surface area (Å²) in [7, 11) is 0. The molecule has 0 unspecified atom stereocenters. The summed E-state index contributed by atoms with van der Waals surface area (Å²) < 4.78 is 31.0. The Hall–Kier alpha value is -0.710. The van der Waals surface area contributed by atoms with Crippen LogP contribution in [0.1, 0.15) is 45.4 Å². The van der Waals surface area contributed by atoms with E-state index >= 15 is 0 Å². The van der Waals surface area contributed by atoms with Crippen LogP contribution in [-0.2, 0) is 9.53 Å². The minimum atomic E-state index is -2.53. The summed E-state index contributed by atoms with van der Waals surface area (Å²) in [5.74, 6) is -2.91. The van der Waals surface area contributed by atoms with Crippen LogP contribution in [0.15, 0.2) is 0 Å². The molecule has 2 aliphatic carbocycles. The normalized spacial score (nSPS) is 28.5. The molecule has 5 heteroatoms. The van der Waals surface area contributed by atoms with Gasteiger partial charge in [-0.25, -0.2) is 8.78 Å². The smallest absolute Gasteiger partial charge is 0.326 e. The van der Waals surface area contributed by atoms with Crippen LogP contribution in [0, 0.1) is 5.41 Å². The summed E-state index contributed by atoms with van der Waals surface area (Å²) in [6.07, 6.45) is 1.78. The SMILES string of the molecule is CCOC(=O)C1(N)CC2(CCC(F)(F)CC2)C1. The van der Waals surface area contributed by atoms with Gasteiger partial charge in [0.2, 0.25) is 5.92 Å². The van der Waals surface area contributed by atoms with E-state index in [2.05, 4.69) is 0 Å². The fourth-order valence-electron chi connectivity index (χ4n) is 3.21. The largest absolute Gasteiger partial charge is 0.465 e. The lowest BCUT2D eigenvalue weighted by molar-refractivity contribution is -0.166. The van der Waals surface area contributed by atoms with Gasteiger partial charge in [0, 0.05) is 12.8 Å². The van der Waals surface area contributed by atoms with Crippen molar-refractivity contribution in [2.24, 2.45) is 11.1 Å². The van der Waals surface area contributed by atoms with Gasteiger partial charge in [0.05, 0.1) is 6.61 Å². The predicted octanol–water partition coefficient (Wildman–Crippen LogP) is 2.24. The second-order valence-electron chi connectivity index (χ2n) is 5.59. The molecule has 0 atom stereocenters. The van der Waals surface area contributed by atoms with E-state index in [1.54, 1.807) is 6.92 Å². The van der Waals surface area contributed by atoms with Crippen molar-refractivity contribution in [3.8, 4) is 0 Å². The van der Waals surface area contributed by atoms with E-state index in [9.17, 15) is 13.6 Å². The predicted molar refractivity (Wildman–Crippen MR) is 58.6 cm³/mol. The van der Waals surface area contributed by atoms with Gasteiger partial charge < -0.3 is 10.5 Å². The lowest BCUT2D eigenvalue weighted by atomic mass is 9.52. The Kier molecular flexibility index (Phi) is 2.92. The number of rotatable bonds is 2. The molecule has 0 aromatic rings. The molecule has 2 N–H and O–H groups in total. The van der Waals surface area contributed by atoms with Crippen molar-refractivity contribution in [2.75, 3.05) is 6.61 Å². The van der Waals surface area contributed by atoms with Gasteiger partial charge in [0.25, 0.3) is 0 Å². The van der Waals surface area contributed by atoms with Crippen LogP contribution in [0.3, 0.4) is 0 Å². The van der Waals surface area contributed by atoms with Crippen LogP contribution in [0.2, 0.25) is 0 Å². The third-order valence-corrected chi connectivity index (χ3v) is 4.11.